The first-order valence-electron chi connectivity index (χ1n) is 9.57. The van der Waals surface area contributed by atoms with Crippen molar-refractivity contribution in [3.63, 3.8) is 0 Å². The average Bonchev–Trinajstić information content (AvgIpc) is 3.22. The zero-order valence-corrected chi connectivity index (χ0v) is 21.0. The monoisotopic (exact) mass is 570 g/mol. The minimum Gasteiger partial charge on any atom is -0.369 e. The van der Waals surface area contributed by atoms with Crippen molar-refractivity contribution in [3.8, 4) is 0 Å². The molecule has 0 spiro atoms. The van der Waals surface area contributed by atoms with Gasteiger partial charge in [0, 0.05) is 20.9 Å². The van der Waals surface area contributed by atoms with E-state index >= 15 is 0 Å². The number of primary amides is 1. The Morgan fingerprint density at radius 3 is 2.33 bits per heavy atom. The predicted octanol–water partition coefficient (Wildman–Crippen LogP) is 3.85. The van der Waals surface area contributed by atoms with E-state index < -0.39 is 32.9 Å². The van der Waals surface area contributed by atoms with Gasteiger partial charge in [-0.3, -0.25) is 14.2 Å². The summed E-state index contributed by atoms with van der Waals surface area (Å²) < 4.78 is 28.1. The summed E-state index contributed by atoms with van der Waals surface area (Å²) in [5.41, 5.74) is 4.90. The van der Waals surface area contributed by atoms with Gasteiger partial charge in [0.2, 0.25) is 21.7 Å². The molecule has 8 nitrogen and oxygen atoms in total. The highest BCUT2D eigenvalue weighted by atomic mass is 79.9. The molecule has 2 amide bonds. The number of nitrogens with zero attached hydrogens (tertiary/aromatic N) is 3. The van der Waals surface area contributed by atoms with Crippen LogP contribution in [0.4, 0.5) is 11.6 Å². The molecule has 12 heteroatoms. The molecule has 0 saturated carbocycles. The largest absolute Gasteiger partial charge is 0.369 e. The van der Waals surface area contributed by atoms with E-state index in [2.05, 4.69) is 20.9 Å². The Kier molecular flexibility index (Phi) is 6.06. The summed E-state index contributed by atoms with van der Waals surface area (Å²) in [5.74, 6) is -2.28. The molecule has 3 aromatic rings. The number of anilines is 2. The van der Waals surface area contributed by atoms with E-state index in [9.17, 15) is 18.0 Å². The average molecular weight is 572 g/mol. The second kappa shape index (κ2) is 8.43. The first kappa shape index (κ1) is 23.7. The molecule has 1 aliphatic heterocycles. The predicted molar refractivity (Wildman–Crippen MR) is 129 cm³/mol. The van der Waals surface area contributed by atoms with Gasteiger partial charge >= 0.3 is 0 Å². The molecule has 0 unspecified atom stereocenters. The van der Waals surface area contributed by atoms with Gasteiger partial charge in [-0.25, -0.2) is 18.3 Å². The van der Waals surface area contributed by atoms with Crippen LogP contribution in [0.25, 0.3) is 0 Å². The topological polar surface area (TPSA) is 115 Å². The van der Waals surface area contributed by atoms with Crippen molar-refractivity contribution in [2.75, 3.05) is 10.7 Å². The van der Waals surface area contributed by atoms with Crippen LogP contribution in [-0.4, -0.2) is 35.5 Å². The van der Waals surface area contributed by atoms with Gasteiger partial charge < -0.3 is 5.73 Å². The molecular formula is C21H17BrCl2N4O4S. The molecule has 0 radical (unpaired) electrons. The highest BCUT2D eigenvalue weighted by molar-refractivity contribution is 9.10. The minimum absolute atomic E-state index is 0.0704. The van der Waals surface area contributed by atoms with E-state index in [1.165, 1.54) is 27.7 Å². The van der Waals surface area contributed by atoms with Crippen molar-refractivity contribution in [2.45, 2.75) is 23.9 Å². The number of carbonyl (C=O) groups is 2. The van der Waals surface area contributed by atoms with Crippen LogP contribution in [0.15, 0.2) is 58.2 Å². The second-order valence-corrected chi connectivity index (χ2v) is 11.5. The lowest BCUT2D eigenvalue weighted by Crippen LogP contribution is -2.42. The zero-order valence-electron chi connectivity index (χ0n) is 17.1. The van der Waals surface area contributed by atoms with E-state index in [1.807, 2.05) is 24.3 Å². The van der Waals surface area contributed by atoms with Crippen LogP contribution >= 0.6 is 39.1 Å². The third kappa shape index (κ3) is 4.28. The van der Waals surface area contributed by atoms with Crippen LogP contribution < -0.4 is 10.6 Å². The van der Waals surface area contributed by atoms with E-state index in [0.717, 1.165) is 16.2 Å². The summed E-state index contributed by atoms with van der Waals surface area (Å²) in [5, 5.41) is 0.317. The van der Waals surface area contributed by atoms with Crippen molar-refractivity contribution in [3.05, 3.63) is 68.7 Å². The highest BCUT2D eigenvalue weighted by Crippen LogP contribution is 2.44. The van der Waals surface area contributed by atoms with Gasteiger partial charge in [-0.2, -0.15) is 0 Å². The third-order valence-electron chi connectivity index (χ3n) is 5.29. The number of aromatic nitrogens is 2. The first-order valence-corrected chi connectivity index (χ1v) is 12.8. The van der Waals surface area contributed by atoms with Crippen LogP contribution in [-0.2, 0) is 31.4 Å². The van der Waals surface area contributed by atoms with Gasteiger partial charge in [0.1, 0.15) is 11.3 Å². The fourth-order valence-electron chi connectivity index (χ4n) is 3.91. The number of nitrogens with two attached hydrogens (primary N) is 1. The third-order valence-corrected chi connectivity index (χ3v) is 7.84. The lowest BCUT2D eigenvalue weighted by atomic mass is 9.92. The molecule has 2 N–H and O–H groups in total. The molecule has 0 aliphatic carbocycles. The lowest BCUT2D eigenvalue weighted by Gasteiger charge is -2.26. The number of rotatable bonds is 6. The lowest BCUT2D eigenvalue weighted by molar-refractivity contribution is -0.124. The summed E-state index contributed by atoms with van der Waals surface area (Å²) in [6, 6.07) is 11.9. The second-order valence-electron chi connectivity index (χ2n) is 7.80. The smallest absolute Gasteiger partial charge is 0.260 e. The molecule has 4 rings (SSSR count). The number of halogens is 3. The van der Waals surface area contributed by atoms with Crippen LogP contribution in [0.5, 0.6) is 0 Å². The van der Waals surface area contributed by atoms with Crippen molar-refractivity contribution in [1.82, 2.24) is 9.55 Å². The standard InChI is InChI=1S/C21H17BrCl2N4O4S/c1-21(9-12-2-4-13(22)5-3-12)19(30)27(16-7-14(23)6-15(24)8-16)20-26-10-18(28(20)21)33(31,32)11-17(25)29/h2-8,10H,9,11H2,1H3,(H2,25,29)/t21-/m1/s1. The highest BCUT2D eigenvalue weighted by Gasteiger charge is 2.51. The molecule has 0 bridgehead atoms. The number of hydrogen-bond acceptors (Lipinski definition) is 5. The van der Waals surface area contributed by atoms with Gasteiger partial charge in [0.15, 0.2) is 5.03 Å². The maximum atomic E-state index is 13.8. The quantitative estimate of drug-likeness (QED) is 0.482. The Morgan fingerprint density at radius 2 is 1.76 bits per heavy atom. The molecule has 0 fully saturated rings. The number of carbonyl (C=O) groups excluding carboxylic acids is 2. The molecule has 1 aromatic heterocycles. The van der Waals surface area contributed by atoms with Gasteiger partial charge in [0.25, 0.3) is 5.91 Å². The van der Waals surface area contributed by atoms with E-state index in [1.54, 1.807) is 6.92 Å². The summed E-state index contributed by atoms with van der Waals surface area (Å²) >= 11 is 15.7. The molecule has 2 aromatic carbocycles. The number of benzene rings is 2. The van der Waals surface area contributed by atoms with Gasteiger partial charge in [-0.15, -0.1) is 0 Å². The number of fused-ring (bicyclic) bond motifs is 1. The Hall–Kier alpha value is -2.40. The Bertz CT molecular complexity index is 1370. The van der Waals surface area contributed by atoms with Crippen LogP contribution in [0.1, 0.15) is 12.5 Å². The molecule has 0 saturated heterocycles. The van der Waals surface area contributed by atoms with E-state index in [0.29, 0.717) is 15.7 Å². The van der Waals surface area contributed by atoms with Crippen molar-refractivity contribution in [2.24, 2.45) is 5.73 Å². The van der Waals surface area contributed by atoms with Crippen molar-refractivity contribution < 1.29 is 18.0 Å². The molecule has 1 aliphatic rings. The van der Waals surface area contributed by atoms with Crippen LogP contribution in [0, 0.1) is 0 Å². The Balaban J connectivity index is 1.93. The molecule has 172 valence electrons. The summed E-state index contributed by atoms with van der Waals surface area (Å²) in [6.45, 7) is 1.62. The zero-order chi connectivity index (χ0) is 24.1. The Morgan fingerprint density at radius 1 is 1.15 bits per heavy atom. The summed E-state index contributed by atoms with van der Waals surface area (Å²) in [6.07, 6.45) is 1.28. The normalized spacial score (nSPS) is 17.9. The van der Waals surface area contributed by atoms with E-state index in [-0.39, 0.29) is 17.4 Å². The van der Waals surface area contributed by atoms with Crippen LogP contribution in [0.2, 0.25) is 10.0 Å². The Labute approximate surface area is 208 Å². The molecular weight excluding hydrogens is 555 g/mol. The number of imidazole rings is 1. The number of amides is 2. The maximum absolute atomic E-state index is 13.8. The fraction of sp³-hybridized carbons (Fsp3) is 0.190. The maximum Gasteiger partial charge on any atom is 0.260 e. The summed E-state index contributed by atoms with van der Waals surface area (Å²) in [4.78, 5) is 30.8. The fourth-order valence-corrected chi connectivity index (χ4v) is 5.99. The minimum atomic E-state index is -4.17. The molecule has 2 heterocycles. The van der Waals surface area contributed by atoms with Crippen molar-refractivity contribution >= 4 is 72.4 Å². The molecule has 33 heavy (non-hydrogen) atoms. The number of hydrogen-bond donors (Lipinski definition) is 1. The number of sulfone groups is 1. The van der Waals surface area contributed by atoms with Crippen LogP contribution in [0.3, 0.4) is 0 Å². The van der Waals surface area contributed by atoms with Gasteiger partial charge in [-0.1, -0.05) is 51.3 Å². The van der Waals surface area contributed by atoms with E-state index in [4.69, 9.17) is 28.9 Å². The first-order chi connectivity index (χ1) is 15.4. The molecule has 1 atom stereocenters. The van der Waals surface area contributed by atoms with Gasteiger partial charge in [-0.05, 0) is 42.8 Å². The summed E-state index contributed by atoms with van der Waals surface area (Å²) in [7, 11) is -4.17. The SMILES string of the molecule is C[C@@]1(Cc2ccc(Br)cc2)C(=O)N(c2cc(Cl)cc(Cl)c2)c2ncc(S(=O)(=O)CC(N)=O)n21. The van der Waals surface area contributed by atoms with Crippen molar-refractivity contribution in [1.29, 1.82) is 0 Å². The van der Waals surface area contributed by atoms with Gasteiger partial charge in [0.05, 0.1) is 11.9 Å².